The van der Waals surface area contributed by atoms with Crippen LogP contribution >= 0.6 is 0 Å². The van der Waals surface area contributed by atoms with Gasteiger partial charge in [0.15, 0.2) is 11.5 Å². The van der Waals surface area contributed by atoms with Crippen molar-refractivity contribution in [3.63, 3.8) is 0 Å². The number of carbonyl (C=O) groups is 1. The molecule has 6 nitrogen and oxygen atoms in total. The number of nitrogens with zero attached hydrogens (tertiary/aromatic N) is 2. The van der Waals surface area contributed by atoms with E-state index in [-0.39, 0.29) is 11.9 Å². The first-order chi connectivity index (χ1) is 12.7. The molecule has 3 aliphatic heterocycles. The second-order valence-corrected chi connectivity index (χ2v) is 7.51. The maximum absolute atomic E-state index is 13.0. The molecule has 0 spiro atoms. The number of nitrogens with one attached hydrogen (secondary N) is 1. The lowest BCUT2D eigenvalue weighted by atomic mass is 10.0. The predicted octanol–water partition coefficient (Wildman–Crippen LogP) is 1.81. The van der Waals surface area contributed by atoms with Gasteiger partial charge in [0.25, 0.3) is 0 Å². The van der Waals surface area contributed by atoms with Crippen LogP contribution in [0.15, 0.2) is 18.2 Å². The molecular weight excluding hydrogens is 330 g/mol. The molecule has 142 valence electrons. The van der Waals surface area contributed by atoms with Crippen molar-refractivity contribution in [3.05, 3.63) is 23.8 Å². The van der Waals surface area contributed by atoms with Gasteiger partial charge in [-0.15, -0.1) is 0 Å². The molecule has 2 unspecified atom stereocenters. The van der Waals surface area contributed by atoms with Crippen LogP contribution in [0.1, 0.15) is 37.3 Å². The zero-order chi connectivity index (χ0) is 17.9. The average Bonchev–Trinajstić information content (AvgIpc) is 3.18. The van der Waals surface area contributed by atoms with E-state index in [1.54, 1.807) is 0 Å². The lowest BCUT2D eigenvalue weighted by molar-refractivity contribution is -0.133. The Morgan fingerprint density at radius 1 is 1.15 bits per heavy atom. The van der Waals surface area contributed by atoms with E-state index in [2.05, 4.69) is 27.2 Å². The number of hydrogen-bond acceptors (Lipinski definition) is 5. The summed E-state index contributed by atoms with van der Waals surface area (Å²) in [5.41, 5.74) is 1.16. The second-order valence-electron chi connectivity index (χ2n) is 7.51. The van der Waals surface area contributed by atoms with Crippen LogP contribution in [0.5, 0.6) is 11.5 Å². The van der Waals surface area contributed by atoms with Crippen LogP contribution in [-0.4, -0.2) is 68.2 Å². The Labute approximate surface area is 155 Å². The predicted molar refractivity (Wildman–Crippen MR) is 99.6 cm³/mol. The maximum Gasteiger partial charge on any atom is 0.237 e. The summed E-state index contributed by atoms with van der Waals surface area (Å²) in [6.07, 6.45) is 4.43. The van der Waals surface area contributed by atoms with Gasteiger partial charge in [0.05, 0.1) is 12.6 Å². The molecule has 3 heterocycles. The molecule has 4 rings (SSSR count). The summed E-state index contributed by atoms with van der Waals surface area (Å²) < 4.78 is 11.3. The van der Waals surface area contributed by atoms with Gasteiger partial charge in [0.2, 0.25) is 5.91 Å². The topological polar surface area (TPSA) is 54.0 Å². The summed E-state index contributed by atoms with van der Waals surface area (Å²) >= 11 is 0. The van der Waals surface area contributed by atoms with Crippen molar-refractivity contribution in [1.29, 1.82) is 0 Å². The molecule has 0 aromatic heterocycles. The van der Waals surface area contributed by atoms with Crippen molar-refractivity contribution in [2.75, 3.05) is 46.4 Å². The number of likely N-dealkylation sites (N-methyl/N-ethyl adjacent to an activating group) is 1. The maximum atomic E-state index is 13.0. The number of hydrogen-bond donors (Lipinski definition) is 1. The van der Waals surface area contributed by atoms with Crippen LogP contribution in [0, 0.1) is 0 Å². The molecule has 0 saturated carbocycles. The summed E-state index contributed by atoms with van der Waals surface area (Å²) in [4.78, 5) is 17.4. The van der Waals surface area contributed by atoms with E-state index >= 15 is 0 Å². The third-order valence-corrected chi connectivity index (χ3v) is 5.80. The van der Waals surface area contributed by atoms with Gasteiger partial charge in [0.1, 0.15) is 13.2 Å². The third-order valence-electron chi connectivity index (χ3n) is 5.80. The second kappa shape index (κ2) is 7.84. The van der Waals surface area contributed by atoms with Crippen molar-refractivity contribution in [2.24, 2.45) is 0 Å². The van der Waals surface area contributed by atoms with Crippen LogP contribution in [0.25, 0.3) is 0 Å². The zero-order valence-electron chi connectivity index (χ0n) is 15.6. The molecule has 2 atom stereocenters. The Balaban J connectivity index is 1.43. The SMILES string of the molecule is CNC1CCCN(CC(=O)N2CCCC2c2ccc3c(c2)OCCO3)C1. The monoisotopic (exact) mass is 359 g/mol. The van der Waals surface area contributed by atoms with Gasteiger partial charge in [-0.3, -0.25) is 9.69 Å². The van der Waals surface area contributed by atoms with Gasteiger partial charge in [-0.05, 0) is 57.0 Å². The lowest BCUT2D eigenvalue weighted by Gasteiger charge is -2.34. The third kappa shape index (κ3) is 3.67. The number of benzene rings is 1. The highest BCUT2D eigenvalue weighted by atomic mass is 16.6. The van der Waals surface area contributed by atoms with E-state index in [1.807, 2.05) is 13.1 Å². The molecule has 1 aromatic rings. The van der Waals surface area contributed by atoms with Crippen molar-refractivity contribution in [2.45, 2.75) is 37.8 Å². The molecule has 1 N–H and O–H groups in total. The molecule has 1 aromatic carbocycles. The molecular formula is C20H29N3O3. The first-order valence-corrected chi connectivity index (χ1v) is 9.83. The quantitative estimate of drug-likeness (QED) is 0.889. The normalized spacial score (nSPS) is 26.1. The van der Waals surface area contributed by atoms with Crippen LogP contribution in [0.2, 0.25) is 0 Å². The molecule has 2 saturated heterocycles. The van der Waals surface area contributed by atoms with Crippen LogP contribution in [-0.2, 0) is 4.79 Å². The van der Waals surface area contributed by atoms with Crippen molar-refractivity contribution in [1.82, 2.24) is 15.1 Å². The summed E-state index contributed by atoms with van der Waals surface area (Å²) in [6.45, 7) is 4.55. The number of rotatable bonds is 4. The average molecular weight is 359 g/mol. The van der Waals surface area contributed by atoms with Gasteiger partial charge in [-0.25, -0.2) is 0 Å². The number of carbonyl (C=O) groups excluding carboxylic acids is 1. The molecule has 0 bridgehead atoms. The van der Waals surface area contributed by atoms with Gasteiger partial charge in [-0.2, -0.15) is 0 Å². The highest BCUT2D eigenvalue weighted by Gasteiger charge is 2.32. The van der Waals surface area contributed by atoms with E-state index in [9.17, 15) is 4.79 Å². The summed E-state index contributed by atoms with van der Waals surface area (Å²) in [5.74, 6) is 1.86. The molecule has 6 heteroatoms. The Kier molecular flexibility index (Phi) is 5.31. The lowest BCUT2D eigenvalue weighted by Crippen LogP contribution is -2.48. The Morgan fingerprint density at radius 3 is 2.81 bits per heavy atom. The van der Waals surface area contributed by atoms with Crippen molar-refractivity contribution < 1.29 is 14.3 Å². The van der Waals surface area contributed by atoms with Crippen LogP contribution in [0.4, 0.5) is 0 Å². The first kappa shape index (κ1) is 17.6. The van der Waals surface area contributed by atoms with E-state index in [1.165, 1.54) is 6.42 Å². The summed E-state index contributed by atoms with van der Waals surface area (Å²) in [5, 5.41) is 3.35. The number of fused-ring (bicyclic) bond motifs is 1. The largest absolute Gasteiger partial charge is 0.486 e. The Hall–Kier alpha value is -1.79. The first-order valence-electron chi connectivity index (χ1n) is 9.83. The standard InChI is InChI=1S/C20H29N3O3/c1-21-16-4-2-8-22(13-16)14-20(24)23-9-3-5-17(23)15-6-7-18-19(12-15)26-11-10-25-18/h6-7,12,16-17,21H,2-5,8-11,13-14H2,1H3. The minimum Gasteiger partial charge on any atom is -0.486 e. The van der Waals surface area contributed by atoms with Crippen LogP contribution < -0.4 is 14.8 Å². The smallest absolute Gasteiger partial charge is 0.237 e. The minimum absolute atomic E-state index is 0.156. The molecule has 0 radical (unpaired) electrons. The zero-order valence-corrected chi connectivity index (χ0v) is 15.6. The Morgan fingerprint density at radius 2 is 1.96 bits per heavy atom. The number of ether oxygens (including phenoxy) is 2. The van der Waals surface area contributed by atoms with Crippen molar-refractivity contribution in [3.8, 4) is 11.5 Å². The van der Waals surface area contributed by atoms with Crippen LogP contribution in [0.3, 0.4) is 0 Å². The number of likely N-dealkylation sites (tertiary alicyclic amines) is 2. The van der Waals surface area contributed by atoms with E-state index in [0.717, 1.165) is 56.0 Å². The minimum atomic E-state index is 0.156. The number of piperidine rings is 1. The number of amides is 1. The van der Waals surface area contributed by atoms with Gasteiger partial charge in [0, 0.05) is 19.1 Å². The van der Waals surface area contributed by atoms with E-state index < -0.39 is 0 Å². The molecule has 0 aliphatic carbocycles. The van der Waals surface area contributed by atoms with Gasteiger partial charge < -0.3 is 19.7 Å². The van der Waals surface area contributed by atoms with E-state index in [4.69, 9.17) is 9.47 Å². The summed E-state index contributed by atoms with van der Waals surface area (Å²) in [7, 11) is 2.01. The summed E-state index contributed by atoms with van der Waals surface area (Å²) in [6, 6.07) is 6.78. The van der Waals surface area contributed by atoms with Gasteiger partial charge in [-0.1, -0.05) is 6.07 Å². The fourth-order valence-electron chi connectivity index (χ4n) is 4.40. The Bertz CT molecular complexity index is 651. The molecule has 1 amide bonds. The molecule has 26 heavy (non-hydrogen) atoms. The fourth-order valence-corrected chi connectivity index (χ4v) is 4.40. The highest BCUT2D eigenvalue weighted by Crippen LogP contribution is 2.38. The highest BCUT2D eigenvalue weighted by molar-refractivity contribution is 5.79. The van der Waals surface area contributed by atoms with Crippen molar-refractivity contribution >= 4 is 5.91 Å². The van der Waals surface area contributed by atoms with E-state index in [0.29, 0.717) is 25.8 Å². The molecule has 3 aliphatic rings. The molecule has 2 fully saturated rings. The fraction of sp³-hybridized carbons (Fsp3) is 0.650. The van der Waals surface area contributed by atoms with Gasteiger partial charge >= 0.3 is 0 Å².